The zero-order valence-corrected chi connectivity index (χ0v) is 11.5. The highest BCUT2D eigenvalue weighted by Crippen LogP contribution is 2.18. The summed E-state index contributed by atoms with van der Waals surface area (Å²) in [4.78, 5) is 11.8. The lowest BCUT2D eigenvalue weighted by molar-refractivity contribution is 0.833. The number of nitrogens with zero attached hydrogens (tertiary/aromatic N) is 2. The fourth-order valence-electron chi connectivity index (χ4n) is 2.04. The molecule has 0 saturated heterocycles. The van der Waals surface area contributed by atoms with Gasteiger partial charge in [0.15, 0.2) is 0 Å². The van der Waals surface area contributed by atoms with Crippen LogP contribution in [0.25, 0.3) is 0 Å². The number of nitrogens with two attached hydrogens (primary N) is 1. The molecule has 6 nitrogen and oxygen atoms in total. The molecule has 0 bridgehead atoms. The second kappa shape index (κ2) is 5.26. The van der Waals surface area contributed by atoms with Gasteiger partial charge < -0.3 is 16.0 Å². The first-order valence-electron chi connectivity index (χ1n) is 6.44. The van der Waals surface area contributed by atoms with Gasteiger partial charge in [0.25, 0.3) is 0 Å². The van der Waals surface area contributed by atoms with E-state index in [9.17, 15) is 0 Å². The lowest BCUT2D eigenvalue weighted by atomic mass is 10.0. The Kier molecular flexibility index (Phi) is 3.69. The number of aromatic nitrogens is 1. The molecular formula is C13H20N6. The normalized spacial score (nSPS) is 23.6. The summed E-state index contributed by atoms with van der Waals surface area (Å²) in [6.07, 6.45) is 2.63. The Morgan fingerprint density at radius 3 is 2.84 bits per heavy atom. The zero-order chi connectivity index (χ0) is 14.0. The molecule has 2 heterocycles. The van der Waals surface area contributed by atoms with Crippen molar-refractivity contribution in [1.29, 1.82) is 5.41 Å². The van der Waals surface area contributed by atoms with Crippen molar-refractivity contribution in [2.45, 2.75) is 33.2 Å². The van der Waals surface area contributed by atoms with Gasteiger partial charge in [-0.25, -0.2) is 4.99 Å². The SMILES string of the molecule is CCC1C(=N)N=C(N)C(C)N=C1Nc1cc[nH]c1C. The number of aryl methyl sites for hydroxylation is 1. The fraction of sp³-hybridized carbons (Fsp3) is 0.462. The molecule has 6 heteroatoms. The number of hydrogen-bond acceptors (Lipinski definition) is 4. The van der Waals surface area contributed by atoms with E-state index in [0.29, 0.717) is 5.84 Å². The Hall–Kier alpha value is -2.11. The minimum atomic E-state index is -0.210. The molecule has 2 unspecified atom stereocenters. The number of amidine groups is 3. The summed E-state index contributed by atoms with van der Waals surface area (Å²) in [6, 6.07) is 1.74. The molecule has 1 aromatic heterocycles. The molecule has 0 spiro atoms. The third-order valence-corrected chi connectivity index (χ3v) is 3.30. The standard InChI is InChI=1S/C13H20N6/c1-4-9-12(15)19-11(14)8(3)17-13(9)18-10-5-6-16-7(10)2/h5-6,8-9,16H,4H2,1-3H3,(H,17,18)(H3,14,15,19). The Labute approximate surface area is 112 Å². The van der Waals surface area contributed by atoms with E-state index in [1.165, 1.54) is 0 Å². The largest absolute Gasteiger partial charge is 0.385 e. The molecule has 0 amide bonds. The zero-order valence-electron chi connectivity index (χ0n) is 11.5. The topological polar surface area (TPSA) is 102 Å². The number of hydrogen-bond donors (Lipinski definition) is 4. The van der Waals surface area contributed by atoms with Crippen molar-refractivity contribution in [1.82, 2.24) is 4.98 Å². The first-order chi connectivity index (χ1) is 9.02. The van der Waals surface area contributed by atoms with Gasteiger partial charge in [-0.2, -0.15) is 0 Å². The smallest absolute Gasteiger partial charge is 0.133 e. The minimum absolute atomic E-state index is 0.141. The second-order valence-electron chi connectivity index (χ2n) is 4.71. The highest BCUT2D eigenvalue weighted by Gasteiger charge is 2.25. The van der Waals surface area contributed by atoms with Gasteiger partial charge in [-0.1, -0.05) is 6.92 Å². The lowest BCUT2D eigenvalue weighted by Gasteiger charge is -2.17. The van der Waals surface area contributed by atoms with E-state index in [4.69, 9.17) is 11.1 Å². The number of rotatable bonds is 2. The molecule has 19 heavy (non-hydrogen) atoms. The van der Waals surface area contributed by atoms with E-state index in [1.54, 1.807) is 0 Å². The van der Waals surface area contributed by atoms with Crippen LogP contribution in [0, 0.1) is 18.3 Å². The number of nitrogens with one attached hydrogen (secondary N) is 3. The monoisotopic (exact) mass is 260 g/mol. The van der Waals surface area contributed by atoms with E-state index < -0.39 is 0 Å². The van der Waals surface area contributed by atoms with Crippen LogP contribution < -0.4 is 11.1 Å². The van der Waals surface area contributed by atoms with Crippen molar-refractivity contribution in [2.75, 3.05) is 5.32 Å². The maximum atomic E-state index is 8.02. The summed E-state index contributed by atoms with van der Waals surface area (Å²) in [7, 11) is 0. The van der Waals surface area contributed by atoms with Crippen molar-refractivity contribution in [2.24, 2.45) is 21.6 Å². The number of H-pyrrole nitrogens is 1. The van der Waals surface area contributed by atoms with Crippen LogP contribution in [-0.2, 0) is 0 Å². The first-order valence-corrected chi connectivity index (χ1v) is 6.44. The first kappa shape index (κ1) is 13.3. The Balaban J connectivity index is 2.33. The molecule has 2 atom stereocenters. The van der Waals surface area contributed by atoms with Gasteiger partial charge in [-0.05, 0) is 26.3 Å². The molecule has 1 aliphatic rings. The van der Waals surface area contributed by atoms with Gasteiger partial charge in [0.2, 0.25) is 0 Å². The molecule has 2 rings (SSSR count). The van der Waals surface area contributed by atoms with Gasteiger partial charge in [0.1, 0.15) is 23.5 Å². The highest BCUT2D eigenvalue weighted by molar-refractivity contribution is 6.15. The Bertz CT molecular complexity index is 539. The van der Waals surface area contributed by atoms with Gasteiger partial charge >= 0.3 is 0 Å². The van der Waals surface area contributed by atoms with Crippen LogP contribution in [0.5, 0.6) is 0 Å². The van der Waals surface area contributed by atoms with E-state index in [1.807, 2.05) is 33.0 Å². The Morgan fingerprint density at radius 2 is 2.26 bits per heavy atom. The van der Waals surface area contributed by atoms with Gasteiger partial charge in [-0.15, -0.1) is 0 Å². The fourth-order valence-corrected chi connectivity index (χ4v) is 2.04. The molecule has 0 saturated carbocycles. The van der Waals surface area contributed by atoms with Gasteiger partial charge in [0.05, 0.1) is 11.6 Å². The molecule has 0 aromatic carbocycles. The van der Waals surface area contributed by atoms with E-state index >= 15 is 0 Å². The van der Waals surface area contributed by atoms with Crippen molar-refractivity contribution < 1.29 is 0 Å². The molecule has 1 aromatic rings. The van der Waals surface area contributed by atoms with Crippen LogP contribution in [-0.4, -0.2) is 28.5 Å². The van der Waals surface area contributed by atoms with E-state index in [0.717, 1.165) is 23.6 Å². The third kappa shape index (κ3) is 2.67. The summed E-state index contributed by atoms with van der Waals surface area (Å²) in [6.45, 7) is 5.89. The number of anilines is 1. The van der Waals surface area contributed by atoms with Crippen LogP contribution in [0.1, 0.15) is 26.0 Å². The van der Waals surface area contributed by atoms with Gasteiger partial charge in [0, 0.05) is 11.9 Å². The lowest BCUT2D eigenvalue weighted by Crippen LogP contribution is -2.28. The van der Waals surface area contributed by atoms with Crippen molar-refractivity contribution in [3.05, 3.63) is 18.0 Å². The predicted molar refractivity (Wildman–Crippen MR) is 79.2 cm³/mol. The number of aliphatic imine (C=N–C) groups is 2. The Morgan fingerprint density at radius 1 is 1.53 bits per heavy atom. The predicted octanol–water partition coefficient (Wildman–Crippen LogP) is 1.90. The average Bonchev–Trinajstić information content (AvgIpc) is 2.71. The van der Waals surface area contributed by atoms with Crippen molar-refractivity contribution in [3.63, 3.8) is 0 Å². The van der Waals surface area contributed by atoms with Gasteiger partial charge in [-0.3, -0.25) is 10.4 Å². The van der Waals surface area contributed by atoms with Crippen LogP contribution >= 0.6 is 0 Å². The maximum Gasteiger partial charge on any atom is 0.133 e. The molecular weight excluding hydrogens is 240 g/mol. The summed E-state index contributed by atoms with van der Waals surface area (Å²) in [5.41, 5.74) is 7.83. The van der Waals surface area contributed by atoms with Crippen LogP contribution in [0.3, 0.4) is 0 Å². The summed E-state index contributed by atoms with van der Waals surface area (Å²) < 4.78 is 0. The van der Waals surface area contributed by atoms with E-state index in [2.05, 4.69) is 20.3 Å². The summed E-state index contributed by atoms with van der Waals surface area (Å²) in [5, 5.41) is 11.3. The third-order valence-electron chi connectivity index (χ3n) is 3.30. The summed E-state index contributed by atoms with van der Waals surface area (Å²) >= 11 is 0. The van der Waals surface area contributed by atoms with Crippen molar-refractivity contribution >= 4 is 23.2 Å². The summed E-state index contributed by atoms with van der Waals surface area (Å²) in [5.74, 6) is 1.28. The molecule has 5 N–H and O–H groups in total. The van der Waals surface area contributed by atoms with E-state index in [-0.39, 0.29) is 17.8 Å². The maximum absolute atomic E-state index is 8.02. The molecule has 1 aliphatic heterocycles. The minimum Gasteiger partial charge on any atom is -0.385 e. The second-order valence-corrected chi connectivity index (χ2v) is 4.71. The van der Waals surface area contributed by atoms with Crippen LogP contribution in [0.15, 0.2) is 22.2 Å². The molecule has 102 valence electrons. The quantitative estimate of drug-likeness (QED) is 0.652. The molecule has 0 aliphatic carbocycles. The highest BCUT2D eigenvalue weighted by atomic mass is 15.1. The van der Waals surface area contributed by atoms with Crippen LogP contribution in [0.2, 0.25) is 0 Å². The molecule has 0 fully saturated rings. The van der Waals surface area contributed by atoms with Crippen LogP contribution in [0.4, 0.5) is 5.69 Å². The molecule has 0 radical (unpaired) electrons. The van der Waals surface area contributed by atoms with Crippen molar-refractivity contribution in [3.8, 4) is 0 Å². The number of aromatic amines is 1. The average molecular weight is 260 g/mol.